The fourth-order valence-electron chi connectivity index (χ4n) is 2.00. The lowest BCUT2D eigenvalue weighted by molar-refractivity contribution is 0.0694. The lowest BCUT2D eigenvalue weighted by atomic mass is 10.2. The number of nitrogens with zero attached hydrogens (tertiary/aromatic N) is 2. The Hall–Kier alpha value is -2.67. The molecule has 2 aromatic heterocycles. The van der Waals surface area contributed by atoms with E-state index >= 15 is 0 Å². The number of carboxylic acid groups (broad SMARTS) is 1. The number of carboxylic acids is 1. The minimum atomic E-state index is -1.17. The fourth-order valence-corrected chi connectivity index (χ4v) is 2.85. The number of aromatic hydroxyl groups is 1. The minimum absolute atomic E-state index is 0.139. The number of aromatic carboxylic acids is 1. The summed E-state index contributed by atoms with van der Waals surface area (Å²) in [5, 5.41) is 22.6. The molecule has 0 saturated heterocycles. The van der Waals surface area contributed by atoms with Crippen molar-refractivity contribution in [3.05, 3.63) is 41.0 Å². The van der Waals surface area contributed by atoms with Gasteiger partial charge in [-0.25, -0.2) is 14.8 Å². The zero-order valence-electron chi connectivity index (χ0n) is 11.0. The van der Waals surface area contributed by atoms with Gasteiger partial charge in [0.25, 0.3) is 0 Å². The number of aryl methyl sites for hydroxylation is 1. The van der Waals surface area contributed by atoms with Crippen LogP contribution in [0.25, 0.3) is 10.2 Å². The van der Waals surface area contributed by atoms with Crippen molar-refractivity contribution in [1.82, 2.24) is 9.97 Å². The molecule has 0 aliphatic rings. The summed E-state index contributed by atoms with van der Waals surface area (Å²) >= 11 is 1.57. The minimum Gasteiger partial charge on any atom is -0.507 e. The maximum atomic E-state index is 10.9. The Morgan fingerprint density at radius 1 is 1.29 bits per heavy atom. The van der Waals surface area contributed by atoms with Crippen molar-refractivity contribution in [3.63, 3.8) is 0 Å². The van der Waals surface area contributed by atoms with Crippen LogP contribution in [-0.2, 0) is 0 Å². The zero-order chi connectivity index (χ0) is 15.0. The van der Waals surface area contributed by atoms with Gasteiger partial charge in [-0.15, -0.1) is 11.3 Å². The molecule has 3 rings (SSSR count). The fraction of sp³-hybridized carbons (Fsp3) is 0.0714. The van der Waals surface area contributed by atoms with E-state index in [0.29, 0.717) is 11.5 Å². The summed E-state index contributed by atoms with van der Waals surface area (Å²) in [6.45, 7) is 1.99. The quantitative estimate of drug-likeness (QED) is 0.688. The molecule has 0 spiro atoms. The predicted molar refractivity (Wildman–Crippen MR) is 80.5 cm³/mol. The Labute approximate surface area is 123 Å². The number of nitrogens with one attached hydrogen (secondary N) is 1. The molecular formula is C14H11N3O3S. The van der Waals surface area contributed by atoms with Crippen molar-refractivity contribution >= 4 is 39.0 Å². The average molecular weight is 301 g/mol. The van der Waals surface area contributed by atoms with E-state index in [1.54, 1.807) is 17.4 Å². The van der Waals surface area contributed by atoms with E-state index in [4.69, 9.17) is 5.11 Å². The first kappa shape index (κ1) is 13.3. The normalized spacial score (nSPS) is 10.7. The molecule has 21 heavy (non-hydrogen) atoms. The van der Waals surface area contributed by atoms with E-state index in [1.165, 1.54) is 18.5 Å². The molecule has 0 saturated carbocycles. The largest absolute Gasteiger partial charge is 0.507 e. The van der Waals surface area contributed by atoms with Gasteiger partial charge in [-0.1, -0.05) is 0 Å². The molecule has 0 radical (unpaired) electrons. The van der Waals surface area contributed by atoms with E-state index in [-0.39, 0.29) is 11.3 Å². The van der Waals surface area contributed by atoms with Crippen molar-refractivity contribution < 1.29 is 15.0 Å². The standard InChI is InChI=1S/C14H11N3O3S/c1-7-4-10-12(15-6-16-13(10)21-7)17-8-2-3-9(14(19)20)11(18)5-8/h2-6,18H,1H3,(H,19,20)(H,15,16,17). The van der Waals surface area contributed by atoms with Crippen LogP contribution in [0, 0.1) is 6.92 Å². The number of thiophene rings is 1. The van der Waals surface area contributed by atoms with Gasteiger partial charge in [0.05, 0.1) is 5.39 Å². The van der Waals surface area contributed by atoms with Crippen LogP contribution in [0.4, 0.5) is 11.5 Å². The highest BCUT2D eigenvalue weighted by atomic mass is 32.1. The molecule has 6 nitrogen and oxygen atoms in total. The smallest absolute Gasteiger partial charge is 0.339 e. The van der Waals surface area contributed by atoms with E-state index < -0.39 is 5.97 Å². The molecule has 0 bridgehead atoms. The molecule has 0 aliphatic heterocycles. The Balaban J connectivity index is 1.99. The van der Waals surface area contributed by atoms with Gasteiger partial charge in [-0.2, -0.15) is 0 Å². The number of anilines is 2. The summed E-state index contributed by atoms with van der Waals surface area (Å²) in [7, 11) is 0. The molecule has 0 atom stereocenters. The zero-order valence-corrected chi connectivity index (χ0v) is 11.8. The lowest BCUT2D eigenvalue weighted by Gasteiger charge is -2.08. The summed E-state index contributed by atoms with van der Waals surface area (Å²) in [5.41, 5.74) is 0.418. The number of fused-ring (bicyclic) bond motifs is 1. The first-order chi connectivity index (χ1) is 10.0. The van der Waals surface area contributed by atoms with E-state index in [0.717, 1.165) is 15.1 Å². The van der Waals surface area contributed by atoms with Crippen LogP contribution in [0.5, 0.6) is 5.75 Å². The van der Waals surface area contributed by atoms with E-state index in [1.807, 2.05) is 13.0 Å². The number of carbonyl (C=O) groups is 1. The highest BCUT2D eigenvalue weighted by Gasteiger charge is 2.11. The van der Waals surface area contributed by atoms with Gasteiger partial charge in [0.15, 0.2) is 0 Å². The van der Waals surface area contributed by atoms with Gasteiger partial charge < -0.3 is 15.5 Å². The van der Waals surface area contributed by atoms with Crippen molar-refractivity contribution in [1.29, 1.82) is 0 Å². The number of benzene rings is 1. The van der Waals surface area contributed by atoms with Crippen LogP contribution < -0.4 is 5.32 Å². The summed E-state index contributed by atoms with van der Waals surface area (Å²) in [5.74, 6) is -0.844. The molecule has 1 aromatic carbocycles. The number of rotatable bonds is 3. The van der Waals surface area contributed by atoms with Gasteiger partial charge in [0.1, 0.15) is 28.3 Å². The van der Waals surface area contributed by atoms with Crippen LogP contribution >= 0.6 is 11.3 Å². The molecule has 0 fully saturated rings. The summed E-state index contributed by atoms with van der Waals surface area (Å²) in [4.78, 5) is 21.3. The van der Waals surface area contributed by atoms with Gasteiger partial charge in [-0.3, -0.25) is 0 Å². The maximum absolute atomic E-state index is 10.9. The van der Waals surface area contributed by atoms with Gasteiger partial charge >= 0.3 is 5.97 Å². The number of hydrogen-bond acceptors (Lipinski definition) is 6. The van der Waals surface area contributed by atoms with Crippen LogP contribution in [0.15, 0.2) is 30.6 Å². The molecule has 0 aliphatic carbocycles. The number of aromatic nitrogens is 2. The van der Waals surface area contributed by atoms with Crippen LogP contribution in [0.1, 0.15) is 15.2 Å². The van der Waals surface area contributed by atoms with Gasteiger partial charge in [0.2, 0.25) is 0 Å². The molecule has 3 N–H and O–H groups in total. The summed E-state index contributed by atoms with van der Waals surface area (Å²) < 4.78 is 0. The third-order valence-electron chi connectivity index (χ3n) is 2.94. The van der Waals surface area contributed by atoms with Crippen molar-refractivity contribution in [2.45, 2.75) is 6.92 Å². The van der Waals surface area contributed by atoms with Gasteiger partial charge in [-0.05, 0) is 25.1 Å². The lowest BCUT2D eigenvalue weighted by Crippen LogP contribution is -1.99. The third kappa shape index (κ3) is 2.50. The average Bonchev–Trinajstić information content (AvgIpc) is 2.80. The highest BCUT2D eigenvalue weighted by molar-refractivity contribution is 7.18. The second kappa shape index (κ2) is 5.02. The molecule has 3 aromatic rings. The molecular weight excluding hydrogens is 290 g/mol. The Bertz CT molecular complexity index is 845. The van der Waals surface area contributed by atoms with Crippen LogP contribution in [-0.4, -0.2) is 26.2 Å². The summed E-state index contributed by atoms with van der Waals surface area (Å²) in [6.07, 6.45) is 1.46. The highest BCUT2D eigenvalue weighted by Crippen LogP contribution is 2.30. The molecule has 2 heterocycles. The van der Waals surface area contributed by atoms with E-state index in [2.05, 4.69) is 15.3 Å². The number of hydrogen-bond donors (Lipinski definition) is 3. The second-order valence-electron chi connectivity index (χ2n) is 4.46. The molecule has 106 valence electrons. The first-order valence-corrected chi connectivity index (χ1v) is 6.91. The van der Waals surface area contributed by atoms with Crippen molar-refractivity contribution in [2.75, 3.05) is 5.32 Å². The van der Waals surface area contributed by atoms with Crippen LogP contribution in [0.3, 0.4) is 0 Å². The number of phenols is 1. The van der Waals surface area contributed by atoms with Crippen molar-refractivity contribution in [2.24, 2.45) is 0 Å². The molecule has 7 heteroatoms. The van der Waals surface area contributed by atoms with Gasteiger partial charge in [0, 0.05) is 16.6 Å². The first-order valence-electron chi connectivity index (χ1n) is 6.09. The van der Waals surface area contributed by atoms with E-state index in [9.17, 15) is 9.90 Å². The maximum Gasteiger partial charge on any atom is 0.339 e. The molecule has 0 unspecified atom stereocenters. The monoisotopic (exact) mass is 301 g/mol. The predicted octanol–water partition coefficient (Wildman–Crippen LogP) is 3.15. The third-order valence-corrected chi connectivity index (χ3v) is 3.90. The second-order valence-corrected chi connectivity index (χ2v) is 5.70. The SMILES string of the molecule is Cc1cc2c(Nc3ccc(C(=O)O)c(O)c3)ncnc2s1. The van der Waals surface area contributed by atoms with Crippen molar-refractivity contribution in [3.8, 4) is 5.75 Å². The van der Waals surface area contributed by atoms with Crippen LogP contribution in [0.2, 0.25) is 0 Å². The molecule has 0 amide bonds. The topological polar surface area (TPSA) is 95.3 Å². The summed E-state index contributed by atoms with van der Waals surface area (Å²) in [6, 6.07) is 6.26. The Morgan fingerprint density at radius 3 is 2.81 bits per heavy atom. The Kier molecular flexibility index (Phi) is 3.19. The Morgan fingerprint density at radius 2 is 2.10 bits per heavy atom.